The van der Waals surface area contributed by atoms with Gasteiger partial charge in [0.05, 0.1) is 11.3 Å². The first-order valence-corrected chi connectivity index (χ1v) is 8.54. The molecule has 1 heterocycles. The van der Waals surface area contributed by atoms with Gasteiger partial charge in [0.15, 0.2) is 0 Å². The zero-order chi connectivity index (χ0) is 21.2. The highest BCUT2D eigenvalue weighted by molar-refractivity contribution is 6.05. The van der Waals surface area contributed by atoms with Crippen molar-refractivity contribution in [3.05, 3.63) is 59.2 Å². The molecular weight excluding hydrogens is 399 g/mol. The molecule has 29 heavy (non-hydrogen) atoms. The highest BCUT2D eigenvalue weighted by Gasteiger charge is 2.32. The molecule has 5 nitrogen and oxygen atoms in total. The Labute approximate surface area is 161 Å². The van der Waals surface area contributed by atoms with Crippen LogP contribution in [0.2, 0.25) is 0 Å². The number of ether oxygens (including phenoxy) is 1. The van der Waals surface area contributed by atoms with Crippen LogP contribution in [0.3, 0.4) is 0 Å². The van der Waals surface area contributed by atoms with Crippen molar-refractivity contribution < 1.29 is 36.3 Å². The fourth-order valence-corrected chi connectivity index (χ4v) is 2.79. The molecule has 0 bridgehead atoms. The quantitative estimate of drug-likeness (QED) is 0.731. The first-order valence-electron chi connectivity index (χ1n) is 8.54. The lowest BCUT2D eigenvalue weighted by Crippen LogP contribution is -2.27. The molecule has 0 spiro atoms. The van der Waals surface area contributed by atoms with Crippen LogP contribution in [0.5, 0.6) is 0 Å². The molecule has 1 saturated heterocycles. The summed E-state index contributed by atoms with van der Waals surface area (Å²) in [6, 6.07) is 4.52. The Morgan fingerprint density at radius 1 is 1.03 bits per heavy atom. The van der Waals surface area contributed by atoms with E-state index in [1.165, 1.54) is 0 Å². The van der Waals surface area contributed by atoms with E-state index in [0.29, 0.717) is 37.6 Å². The van der Waals surface area contributed by atoms with Crippen LogP contribution >= 0.6 is 0 Å². The van der Waals surface area contributed by atoms with Crippen LogP contribution in [-0.4, -0.2) is 24.5 Å². The molecular formula is C19H15F5N2O3. The standard InChI is InChI=1S/C19H15F5N2O3/c20-12-3-4-14(21)15(9-12)26-17(27)10-6-11(19(22,23)24)8-13(7-10)25-18(28)16-2-1-5-29-16/h3-4,6-9,16H,1-2,5H2,(H,25,28)(H,26,27)/t16-/m0/s1. The number of nitrogens with one attached hydrogen (secondary N) is 2. The zero-order valence-corrected chi connectivity index (χ0v) is 14.8. The van der Waals surface area contributed by atoms with E-state index in [1.54, 1.807) is 0 Å². The third-order valence-electron chi connectivity index (χ3n) is 4.19. The van der Waals surface area contributed by atoms with Crippen LogP contribution in [0.4, 0.5) is 33.3 Å². The molecule has 1 fully saturated rings. The zero-order valence-electron chi connectivity index (χ0n) is 14.8. The lowest BCUT2D eigenvalue weighted by atomic mass is 10.1. The van der Waals surface area contributed by atoms with Gasteiger partial charge < -0.3 is 15.4 Å². The smallest absolute Gasteiger partial charge is 0.368 e. The monoisotopic (exact) mass is 414 g/mol. The molecule has 1 aliphatic heterocycles. The molecule has 3 rings (SSSR count). The van der Waals surface area contributed by atoms with E-state index in [9.17, 15) is 31.5 Å². The predicted octanol–water partition coefficient (Wildman–Crippen LogP) is 4.35. The molecule has 1 aliphatic rings. The van der Waals surface area contributed by atoms with Crippen LogP contribution in [0.1, 0.15) is 28.8 Å². The Balaban J connectivity index is 1.89. The summed E-state index contributed by atoms with van der Waals surface area (Å²) >= 11 is 0. The van der Waals surface area contributed by atoms with E-state index < -0.39 is 52.5 Å². The van der Waals surface area contributed by atoms with Crippen LogP contribution in [-0.2, 0) is 15.7 Å². The third kappa shape index (κ3) is 5.08. The van der Waals surface area contributed by atoms with Crippen LogP contribution in [0, 0.1) is 11.6 Å². The maximum atomic E-state index is 13.7. The molecule has 10 heteroatoms. The van der Waals surface area contributed by atoms with Crippen molar-refractivity contribution in [2.45, 2.75) is 25.1 Å². The van der Waals surface area contributed by atoms with Crippen LogP contribution in [0.25, 0.3) is 0 Å². The Morgan fingerprint density at radius 2 is 1.79 bits per heavy atom. The number of rotatable bonds is 4. The average molecular weight is 414 g/mol. The van der Waals surface area contributed by atoms with Gasteiger partial charge in [0.1, 0.15) is 17.7 Å². The number of hydrogen-bond donors (Lipinski definition) is 2. The van der Waals surface area contributed by atoms with Crippen molar-refractivity contribution >= 4 is 23.2 Å². The Morgan fingerprint density at radius 3 is 2.45 bits per heavy atom. The summed E-state index contributed by atoms with van der Waals surface area (Å²) in [7, 11) is 0. The molecule has 0 aliphatic carbocycles. The number of anilines is 2. The van der Waals surface area contributed by atoms with Crippen LogP contribution < -0.4 is 10.6 Å². The van der Waals surface area contributed by atoms with Crippen LogP contribution in [0.15, 0.2) is 36.4 Å². The Bertz CT molecular complexity index is 940. The van der Waals surface area contributed by atoms with Gasteiger partial charge in [-0.25, -0.2) is 8.78 Å². The van der Waals surface area contributed by atoms with Gasteiger partial charge in [-0.05, 0) is 43.2 Å². The molecule has 2 aromatic carbocycles. The maximum absolute atomic E-state index is 13.7. The normalized spacial score (nSPS) is 16.5. The Kier molecular flexibility index (Phi) is 5.83. The maximum Gasteiger partial charge on any atom is 0.416 e. The number of halogens is 5. The minimum atomic E-state index is -4.80. The second-order valence-corrected chi connectivity index (χ2v) is 6.37. The van der Waals surface area contributed by atoms with Gasteiger partial charge >= 0.3 is 6.18 Å². The molecule has 2 N–H and O–H groups in total. The third-order valence-corrected chi connectivity index (χ3v) is 4.19. The molecule has 2 aromatic rings. The minimum Gasteiger partial charge on any atom is -0.368 e. The fraction of sp³-hybridized carbons (Fsp3) is 0.263. The van der Waals surface area contributed by atoms with Gasteiger partial charge in [0.25, 0.3) is 11.8 Å². The number of carbonyl (C=O) groups is 2. The first-order chi connectivity index (χ1) is 13.6. The van der Waals surface area contributed by atoms with Crippen molar-refractivity contribution in [3.63, 3.8) is 0 Å². The Hall–Kier alpha value is -3.01. The highest BCUT2D eigenvalue weighted by atomic mass is 19.4. The van der Waals surface area contributed by atoms with Gasteiger partial charge in [-0.1, -0.05) is 0 Å². The SMILES string of the molecule is O=C(Nc1cc(F)ccc1F)c1cc(NC(=O)[C@@H]2CCCO2)cc(C(F)(F)F)c1. The van der Waals surface area contributed by atoms with Crippen molar-refractivity contribution in [3.8, 4) is 0 Å². The summed E-state index contributed by atoms with van der Waals surface area (Å²) in [5.41, 5.74) is -2.49. The molecule has 0 radical (unpaired) electrons. The van der Waals surface area contributed by atoms with Gasteiger partial charge in [0.2, 0.25) is 0 Å². The summed E-state index contributed by atoms with van der Waals surface area (Å²) in [5.74, 6) is -3.54. The summed E-state index contributed by atoms with van der Waals surface area (Å²) in [5, 5.41) is 4.32. The lowest BCUT2D eigenvalue weighted by Gasteiger charge is -2.15. The molecule has 1 atom stereocenters. The first kappa shape index (κ1) is 20.7. The van der Waals surface area contributed by atoms with Crippen molar-refractivity contribution in [1.82, 2.24) is 0 Å². The summed E-state index contributed by atoms with van der Waals surface area (Å²) in [6.07, 6.45) is -4.52. The van der Waals surface area contributed by atoms with Crippen molar-refractivity contribution in [2.24, 2.45) is 0 Å². The molecule has 0 aromatic heterocycles. The number of amides is 2. The summed E-state index contributed by atoms with van der Waals surface area (Å²) < 4.78 is 71.8. The number of carbonyl (C=O) groups excluding carboxylic acids is 2. The summed E-state index contributed by atoms with van der Waals surface area (Å²) in [6.45, 7) is 0.369. The van der Waals surface area contributed by atoms with Crippen molar-refractivity contribution in [1.29, 1.82) is 0 Å². The van der Waals surface area contributed by atoms with E-state index in [-0.39, 0.29) is 5.69 Å². The predicted molar refractivity (Wildman–Crippen MR) is 93.4 cm³/mol. The minimum absolute atomic E-state index is 0.273. The van der Waals surface area contributed by atoms with Crippen molar-refractivity contribution in [2.75, 3.05) is 17.2 Å². The second-order valence-electron chi connectivity index (χ2n) is 6.37. The average Bonchev–Trinajstić information content (AvgIpc) is 3.18. The topological polar surface area (TPSA) is 67.4 Å². The van der Waals surface area contributed by atoms with E-state index in [2.05, 4.69) is 5.32 Å². The number of benzene rings is 2. The number of hydrogen-bond acceptors (Lipinski definition) is 3. The largest absolute Gasteiger partial charge is 0.416 e. The lowest BCUT2D eigenvalue weighted by molar-refractivity contribution is -0.137. The fourth-order valence-electron chi connectivity index (χ4n) is 2.79. The van der Waals surface area contributed by atoms with Gasteiger partial charge in [-0.15, -0.1) is 0 Å². The van der Waals surface area contributed by atoms with Gasteiger partial charge in [-0.3, -0.25) is 9.59 Å². The number of alkyl halides is 3. The second kappa shape index (κ2) is 8.16. The summed E-state index contributed by atoms with van der Waals surface area (Å²) in [4.78, 5) is 24.5. The van der Waals surface area contributed by atoms with E-state index >= 15 is 0 Å². The van der Waals surface area contributed by atoms with E-state index in [0.717, 1.165) is 18.2 Å². The van der Waals surface area contributed by atoms with E-state index in [1.807, 2.05) is 5.32 Å². The molecule has 154 valence electrons. The van der Waals surface area contributed by atoms with Gasteiger partial charge in [-0.2, -0.15) is 13.2 Å². The molecule has 0 unspecified atom stereocenters. The molecule has 0 saturated carbocycles. The van der Waals surface area contributed by atoms with Gasteiger partial charge in [0, 0.05) is 23.9 Å². The van der Waals surface area contributed by atoms with E-state index in [4.69, 9.17) is 4.74 Å². The highest BCUT2D eigenvalue weighted by Crippen LogP contribution is 2.32. The molecule has 2 amide bonds.